The summed E-state index contributed by atoms with van der Waals surface area (Å²) in [6.07, 6.45) is -5.63. The van der Waals surface area contributed by atoms with Gasteiger partial charge in [-0.25, -0.2) is 0 Å². The fourth-order valence-electron chi connectivity index (χ4n) is 3.67. The van der Waals surface area contributed by atoms with E-state index in [4.69, 9.17) is 27.0 Å². The lowest BCUT2D eigenvalue weighted by Gasteiger charge is -2.29. The number of aliphatic hydroxyl groups excluding tert-OH is 1. The van der Waals surface area contributed by atoms with Crippen molar-refractivity contribution in [2.24, 2.45) is 0 Å². The van der Waals surface area contributed by atoms with Crippen molar-refractivity contribution in [2.45, 2.75) is 31.9 Å². The third-order valence-corrected chi connectivity index (χ3v) is 5.57. The van der Waals surface area contributed by atoms with Gasteiger partial charge in [0.2, 0.25) is 0 Å². The number of nitriles is 1. The number of amides is 1. The average Bonchev–Trinajstić information content (AvgIpc) is 3.22. The van der Waals surface area contributed by atoms with Crippen LogP contribution in [0.4, 0.5) is 24.5 Å². The molecule has 2 aliphatic rings. The van der Waals surface area contributed by atoms with Gasteiger partial charge in [0, 0.05) is 11.8 Å². The zero-order valence-corrected chi connectivity index (χ0v) is 17.6. The molecular formula is C21H16F3N3O4S. The summed E-state index contributed by atoms with van der Waals surface area (Å²) in [6, 6.07) is 9.33. The van der Waals surface area contributed by atoms with Crippen LogP contribution in [0.1, 0.15) is 25.0 Å². The molecule has 2 aromatic rings. The number of hydrogen-bond acceptors (Lipinski definition) is 6. The van der Waals surface area contributed by atoms with Crippen LogP contribution in [0.25, 0.3) is 0 Å². The molecule has 7 nitrogen and oxygen atoms in total. The molecule has 2 aliphatic heterocycles. The molecule has 0 aromatic heterocycles. The highest BCUT2D eigenvalue weighted by atomic mass is 32.1. The Morgan fingerprint density at radius 2 is 1.81 bits per heavy atom. The molecule has 166 valence electrons. The van der Waals surface area contributed by atoms with Crippen molar-refractivity contribution in [3.63, 3.8) is 0 Å². The molecule has 32 heavy (non-hydrogen) atoms. The molecule has 1 N–H and O–H groups in total. The van der Waals surface area contributed by atoms with Gasteiger partial charge in [-0.05, 0) is 56.4 Å². The van der Waals surface area contributed by atoms with E-state index in [1.165, 1.54) is 17.0 Å². The number of hydrogen-bond donors (Lipinski definition) is 1. The molecule has 0 aliphatic carbocycles. The van der Waals surface area contributed by atoms with E-state index in [9.17, 15) is 23.1 Å². The fraction of sp³-hybridized carbons (Fsp3) is 0.286. The number of halogens is 3. The summed E-state index contributed by atoms with van der Waals surface area (Å²) in [5.41, 5.74) is -2.57. The van der Waals surface area contributed by atoms with Crippen LogP contribution in [0, 0.1) is 11.3 Å². The summed E-state index contributed by atoms with van der Waals surface area (Å²) >= 11 is 5.50. The predicted octanol–water partition coefficient (Wildman–Crippen LogP) is 3.58. The SMILES string of the molecule is CC1(C)C(=O)N(c2ccc(C#N)c(C(F)(F)F)c2)C(=S)N1c1ccc2c(c1)OC(CO)O2. The number of anilines is 2. The number of carbonyl (C=O) groups excluding carboxylic acids is 1. The zero-order chi connectivity index (χ0) is 23.4. The first kappa shape index (κ1) is 21.9. The molecule has 2 heterocycles. The molecule has 1 amide bonds. The van der Waals surface area contributed by atoms with Gasteiger partial charge in [0.05, 0.1) is 22.9 Å². The number of aliphatic hydroxyl groups is 1. The van der Waals surface area contributed by atoms with Crippen molar-refractivity contribution in [2.75, 3.05) is 16.4 Å². The van der Waals surface area contributed by atoms with Crippen LogP contribution in [0.15, 0.2) is 36.4 Å². The van der Waals surface area contributed by atoms with Crippen molar-refractivity contribution >= 4 is 34.6 Å². The van der Waals surface area contributed by atoms with Crippen LogP contribution in [0.3, 0.4) is 0 Å². The standard InChI is InChI=1S/C21H16F3N3O4S/c1-20(2)18(29)26(12-4-3-11(9-25)14(7-12)21(22,23)24)19(32)27(20)13-5-6-15-16(8-13)31-17(10-28)30-15/h3-8,17,28H,10H2,1-2H3. The normalized spacial score (nSPS) is 19.5. The van der Waals surface area contributed by atoms with E-state index in [1.807, 2.05) is 0 Å². The van der Waals surface area contributed by atoms with E-state index >= 15 is 0 Å². The molecule has 0 bridgehead atoms. The third kappa shape index (κ3) is 3.32. The van der Waals surface area contributed by atoms with Gasteiger partial charge in [0.1, 0.15) is 12.1 Å². The Kier molecular flexibility index (Phi) is 5.02. The smallest absolute Gasteiger partial charge is 0.417 e. The van der Waals surface area contributed by atoms with Crippen molar-refractivity contribution in [3.05, 3.63) is 47.5 Å². The lowest BCUT2D eigenvalue weighted by molar-refractivity contribution is -0.137. The van der Waals surface area contributed by atoms with Gasteiger partial charge in [-0.15, -0.1) is 0 Å². The van der Waals surface area contributed by atoms with Crippen LogP contribution in [0.2, 0.25) is 0 Å². The Hall–Kier alpha value is -3.36. The highest BCUT2D eigenvalue weighted by molar-refractivity contribution is 7.81. The van der Waals surface area contributed by atoms with Crippen LogP contribution >= 0.6 is 12.2 Å². The van der Waals surface area contributed by atoms with Crippen molar-refractivity contribution in [1.82, 2.24) is 0 Å². The molecule has 0 saturated carbocycles. The van der Waals surface area contributed by atoms with E-state index in [-0.39, 0.29) is 17.4 Å². The summed E-state index contributed by atoms with van der Waals surface area (Å²) in [5.74, 6) is 0.204. The Morgan fingerprint density at radius 3 is 2.44 bits per heavy atom. The fourth-order valence-corrected chi connectivity index (χ4v) is 4.19. The Balaban J connectivity index is 1.76. The number of benzene rings is 2. The van der Waals surface area contributed by atoms with E-state index in [0.29, 0.717) is 17.2 Å². The number of nitrogens with zero attached hydrogens (tertiary/aromatic N) is 3. The first-order chi connectivity index (χ1) is 15.0. The van der Waals surface area contributed by atoms with Crippen LogP contribution in [-0.4, -0.2) is 34.6 Å². The molecule has 1 unspecified atom stereocenters. The highest BCUT2D eigenvalue weighted by Gasteiger charge is 2.51. The average molecular weight is 463 g/mol. The quantitative estimate of drug-likeness (QED) is 0.697. The molecule has 0 spiro atoms. The summed E-state index contributed by atoms with van der Waals surface area (Å²) in [6.45, 7) is 2.83. The minimum absolute atomic E-state index is 0.0320. The van der Waals surface area contributed by atoms with Crippen molar-refractivity contribution in [3.8, 4) is 17.6 Å². The lowest BCUT2D eigenvalue weighted by Crippen LogP contribution is -2.44. The Labute approximate surface area is 186 Å². The zero-order valence-electron chi connectivity index (χ0n) is 16.8. The summed E-state index contributed by atoms with van der Waals surface area (Å²) < 4.78 is 51.2. The number of rotatable bonds is 3. The number of thiocarbonyl (C=S) groups is 1. The second kappa shape index (κ2) is 7.36. The molecule has 2 aromatic carbocycles. The number of alkyl halides is 3. The molecule has 4 rings (SSSR count). The minimum atomic E-state index is -4.78. The summed E-state index contributed by atoms with van der Waals surface area (Å²) in [4.78, 5) is 15.8. The second-order valence-electron chi connectivity index (χ2n) is 7.64. The Bertz CT molecular complexity index is 1180. The van der Waals surface area contributed by atoms with Crippen LogP contribution in [0.5, 0.6) is 11.5 Å². The van der Waals surface area contributed by atoms with Crippen LogP contribution in [-0.2, 0) is 11.0 Å². The number of carbonyl (C=O) groups is 1. The summed E-state index contributed by atoms with van der Waals surface area (Å²) in [5, 5.41) is 18.2. The number of ether oxygens (including phenoxy) is 2. The maximum atomic E-state index is 13.4. The van der Waals surface area contributed by atoms with E-state index in [2.05, 4.69) is 0 Å². The minimum Gasteiger partial charge on any atom is -0.448 e. The van der Waals surface area contributed by atoms with E-state index in [1.54, 1.807) is 32.0 Å². The van der Waals surface area contributed by atoms with Gasteiger partial charge in [-0.2, -0.15) is 18.4 Å². The second-order valence-corrected chi connectivity index (χ2v) is 8.00. The highest BCUT2D eigenvalue weighted by Crippen LogP contribution is 2.43. The van der Waals surface area contributed by atoms with Gasteiger partial charge in [0.15, 0.2) is 16.6 Å². The molecule has 11 heteroatoms. The first-order valence-corrected chi connectivity index (χ1v) is 9.78. The van der Waals surface area contributed by atoms with Gasteiger partial charge < -0.3 is 19.5 Å². The topological polar surface area (TPSA) is 86.0 Å². The Morgan fingerprint density at radius 1 is 1.16 bits per heavy atom. The summed E-state index contributed by atoms with van der Waals surface area (Å²) in [7, 11) is 0. The monoisotopic (exact) mass is 463 g/mol. The van der Waals surface area contributed by atoms with E-state index < -0.39 is 35.0 Å². The molecular weight excluding hydrogens is 447 g/mol. The van der Waals surface area contributed by atoms with Gasteiger partial charge in [-0.1, -0.05) is 0 Å². The predicted molar refractivity (Wildman–Crippen MR) is 111 cm³/mol. The van der Waals surface area contributed by atoms with Gasteiger partial charge in [-0.3, -0.25) is 9.69 Å². The molecule has 1 atom stereocenters. The maximum absolute atomic E-state index is 13.4. The molecule has 1 fully saturated rings. The first-order valence-electron chi connectivity index (χ1n) is 9.37. The van der Waals surface area contributed by atoms with E-state index in [0.717, 1.165) is 17.0 Å². The molecule has 1 saturated heterocycles. The number of fused-ring (bicyclic) bond motifs is 1. The third-order valence-electron chi connectivity index (χ3n) is 5.21. The van der Waals surface area contributed by atoms with Gasteiger partial charge >= 0.3 is 6.18 Å². The molecule has 0 radical (unpaired) electrons. The van der Waals surface area contributed by atoms with Crippen LogP contribution < -0.4 is 19.3 Å². The lowest BCUT2D eigenvalue weighted by atomic mass is 10.0. The largest absolute Gasteiger partial charge is 0.448 e. The maximum Gasteiger partial charge on any atom is 0.417 e. The van der Waals surface area contributed by atoms with Gasteiger partial charge in [0.25, 0.3) is 12.2 Å². The van der Waals surface area contributed by atoms with Crippen molar-refractivity contribution in [1.29, 1.82) is 5.26 Å². The van der Waals surface area contributed by atoms with Crippen molar-refractivity contribution < 1.29 is 32.5 Å².